The number of aliphatic hydroxyl groups excluding tert-OH is 1. The van der Waals surface area contributed by atoms with E-state index < -0.39 is 5.60 Å². The van der Waals surface area contributed by atoms with Crippen LogP contribution in [0.4, 0.5) is 0 Å². The van der Waals surface area contributed by atoms with Crippen molar-refractivity contribution in [3.8, 4) is 0 Å². The molecule has 0 spiro atoms. The predicted octanol–water partition coefficient (Wildman–Crippen LogP) is 1.53. The summed E-state index contributed by atoms with van der Waals surface area (Å²) in [6.07, 6.45) is 2.83. The molecule has 1 fully saturated rings. The summed E-state index contributed by atoms with van der Waals surface area (Å²) in [6.45, 7) is 6.24. The standard InChI is InChI=1S/C15H25N3O3.HI/c1-3-16-14(18-8-6-12(19)7-9-18)17-11-15(2,20)13-5-4-10-21-13;/h4-5,10,12,19-20H,3,6-9,11H2,1-2H3,(H,16,17);1H. The van der Waals surface area contributed by atoms with Crippen molar-refractivity contribution in [1.29, 1.82) is 0 Å². The molecule has 6 nitrogen and oxygen atoms in total. The topological polar surface area (TPSA) is 81.2 Å². The molecule has 1 aliphatic rings. The van der Waals surface area contributed by atoms with E-state index in [4.69, 9.17) is 4.42 Å². The van der Waals surface area contributed by atoms with Gasteiger partial charge in [-0.2, -0.15) is 0 Å². The van der Waals surface area contributed by atoms with Gasteiger partial charge in [0.15, 0.2) is 5.96 Å². The summed E-state index contributed by atoms with van der Waals surface area (Å²) < 4.78 is 5.26. The lowest BCUT2D eigenvalue weighted by atomic mass is 10.0. The summed E-state index contributed by atoms with van der Waals surface area (Å²) >= 11 is 0. The fourth-order valence-corrected chi connectivity index (χ4v) is 2.40. The van der Waals surface area contributed by atoms with E-state index in [1.54, 1.807) is 25.3 Å². The third kappa shape index (κ3) is 5.13. The largest absolute Gasteiger partial charge is 0.466 e. The lowest BCUT2D eigenvalue weighted by Gasteiger charge is -2.32. The van der Waals surface area contributed by atoms with Gasteiger partial charge in [-0.3, -0.25) is 0 Å². The summed E-state index contributed by atoms with van der Waals surface area (Å²) in [5.74, 6) is 1.28. The van der Waals surface area contributed by atoms with Gasteiger partial charge < -0.3 is 24.8 Å². The molecule has 0 aliphatic carbocycles. The van der Waals surface area contributed by atoms with Gasteiger partial charge >= 0.3 is 0 Å². The zero-order valence-electron chi connectivity index (χ0n) is 13.2. The smallest absolute Gasteiger partial charge is 0.194 e. The van der Waals surface area contributed by atoms with Crippen molar-refractivity contribution in [2.24, 2.45) is 4.99 Å². The number of aliphatic imine (C=N–C) groups is 1. The second-order valence-electron chi connectivity index (χ2n) is 5.64. The fourth-order valence-electron chi connectivity index (χ4n) is 2.40. The number of rotatable bonds is 4. The average molecular weight is 423 g/mol. The Morgan fingerprint density at radius 1 is 1.50 bits per heavy atom. The molecular formula is C15H26IN3O3. The van der Waals surface area contributed by atoms with Gasteiger partial charge in [0, 0.05) is 19.6 Å². The molecule has 1 saturated heterocycles. The number of nitrogens with zero attached hydrogens (tertiary/aromatic N) is 2. The zero-order valence-corrected chi connectivity index (χ0v) is 15.5. The van der Waals surface area contributed by atoms with Gasteiger partial charge in [0.1, 0.15) is 11.4 Å². The van der Waals surface area contributed by atoms with Crippen LogP contribution >= 0.6 is 24.0 Å². The third-order valence-electron chi connectivity index (χ3n) is 3.69. The van der Waals surface area contributed by atoms with Crippen LogP contribution in [0, 0.1) is 0 Å². The molecule has 0 radical (unpaired) electrons. The number of halogens is 1. The molecule has 0 amide bonds. The van der Waals surface area contributed by atoms with Gasteiger partial charge in [-0.05, 0) is 38.8 Å². The summed E-state index contributed by atoms with van der Waals surface area (Å²) in [6, 6.07) is 3.50. The molecule has 2 rings (SSSR count). The van der Waals surface area contributed by atoms with Crippen LogP contribution in [0.3, 0.4) is 0 Å². The SMILES string of the molecule is CCNC(=NCC(C)(O)c1ccco1)N1CCC(O)CC1.I. The van der Waals surface area contributed by atoms with Crippen LogP contribution in [0.15, 0.2) is 27.8 Å². The Labute approximate surface area is 148 Å². The van der Waals surface area contributed by atoms with E-state index in [0.29, 0.717) is 5.76 Å². The normalized spacial score (nSPS) is 19.5. The molecule has 7 heteroatoms. The van der Waals surface area contributed by atoms with Crippen LogP contribution in [0.2, 0.25) is 0 Å². The molecule has 22 heavy (non-hydrogen) atoms. The summed E-state index contributed by atoms with van der Waals surface area (Å²) in [5, 5.41) is 23.3. The highest BCUT2D eigenvalue weighted by Crippen LogP contribution is 2.21. The first kappa shape index (κ1) is 19.2. The Kier molecular flexibility index (Phi) is 7.64. The third-order valence-corrected chi connectivity index (χ3v) is 3.69. The first-order chi connectivity index (χ1) is 10.0. The highest BCUT2D eigenvalue weighted by atomic mass is 127. The maximum absolute atomic E-state index is 10.4. The molecule has 2 heterocycles. The van der Waals surface area contributed by atoms with Crippen molar-refractivity contribution < 1.29 is 14.6 Å². The van der Waals surface area contributed by atoms with Crippen LogP contribution in [-0.2, 0) is 5.60 Å². The predicted molar refractivity (Wildman–Crippen MR) is 96.5 cm³/mol. The average Bonchev–Trinajstić information content (AvgIpc) is 2.99. The van der Waals surface area contributed by atoms with Crippen LogP contribution in [0.1, 0.15) is 32.4 Å². The Morgan fingerprint density at radius 3 is 2.73 bits per heavy atom. The van der Waals surface area contributed by atoms with Gasteiger partial charge in [-0.25, -0.2) is 4.99 Å². The summed E-state index contributed by atoms with van der Waals surface area (Å²) in [4.78, 5) is 6.65. The Bertz CT molecular complexity index is 455. The minimum atomic E-state index is -1.13. The number of hydrogen-bond acceptors (Lipinski definition) is 4. The van der Waals surface area contributed by atoms with E-state index in [0.717, 1.165) is 38.4 Å². The Morgan fingerprint density at radius 2 is 2.18 bits per heavy atom. The number of piperidine rings is 1. The number of guanidine groups is 1. The van der Waals surface area contributed by atoms with Crippen molar-refractivity contribution in [2.75, 3.05) is 26.2 Å². The highest BCUT2D eigenvalue weighted by molar-refractivity contribution is 14.0. The minimum absolute atomic E-state index is 0. The van der Waals surface area contributed by atoms with Gasteiger partial charge in [0.25, 0.3) is 0 Å². The molecule has 0 saturated carbocycles. The van der Waals surface area contributed by atoms with Gasteiger partial charge in [0.2, 0.25) is 0 Å². The maximum Gasteiger partial charge on any atom is 0.194 e. The van der Waals surface area contributed by atoms with Crippen molar-refractivity contribution in [3.63, 3.8) is 0 Å². The molecule has 126 valence electrons. The Hall–Kier alpha value is -0.800. The van der Waals surface area contributed by atoms with Crippen LogP contribution in [-0.4, -0.2) is 53.4 Å². The maximum atomic E-state index is 10.4. The van der Waals surface area contributed by atoms with Crippen molar-refractivity contribution in [3.05, 3.63) is 24.2 Å². The summed E-state index contributed by atoms with van der Waals surface area (Å²) in [7, 11) is 0. The zero-order chi connectivity index (χ0) is 15.3. The molecule has 3 N–H and O–H groups in total. The second kappa shape index (κ2) is 8.73. The highest BCUT2D eigenvalue weighted by Gasteiger charge is 2.27. The first-order valence-corrected chi connectivity index (χ1v) is 7.50. The molecule has 0 bridgehead atoms. The van der Waals surface area contributed by atoms with Crippen LogP contribution in [0.5, 0.6) is 0 Å². The van der Waals surface area contributed by atoms with Gasteiger partial charge in [-0.1, -0.05) is 0 Å². The Balaban J connectivity index is 0.00000242. The minimum Gasteiger partial charge on any atom is -0.466 e. The van der Waals surface area contributed by atoms with Gasteiger partial charge in [0.05, 0.1) is 18.9 Å². The van der Waals surface area contributed by atoms with E-state index in [9.17, 15) is 10.2 Å². The molecular weight excluding hydrogens is 397 g/mol. The lowest BCUT2D eigenvalue weighted by molar-refractivity contribution is 0.0431. The number of furan rings is 1. The monoisotopic (exact) mass is 423 g/mol. The number of nitrogens with one attached hydrogen (secondary N) is 1. The van der Waals surface area contributed by atoms with Gasteiger partial charge in [-0.15, -0.1) is 24.0 Å². The van der Waals surface area contributed by atoms with Crippen LogP contribution < -0.4 is 5.32 Å². The molecule has 1 aliphatic heterocycles. The summed E-state index contributed by atoms with van der Waals surface area (Å²) in [5.41, 5.74) is -1.13. The van der Waals surface area contributed by atoms with Crippen molar-refractivity contribution in [1.82, 2.24) is 10.2 Å². The first-order valence-electron chi connectivity index (χ1n) is 7.50. The van der Waals surface area contributed by atoms with E-state index in [1.807, 2.05) is 6.92 Å². The number of aliphatic hydroxyl groups is 2. The van der Waals surface area contributed by atoms with Crippen LogP contribution in [0.25, 0.3) is 0 Å². The molecule has 1 atom stereocenters. The molecule has 1 unspecified atom stereocenters. The van der Waals surface area contributed by atoms with E-state index in [2.05, 4.69) is 15.2 Å². The molecule has 1 aromatic heterocycles. The number of likely N-dealkylation sites (tertiary alicyclic amines) is 1. The van der Waals surface area contributed by atoms with E-state index in [-0.39, 0.29) is 36.6 Å². The number of hydrogen-bond donors (Lipinski definition) is 3. The molecule has 1 aromatic rings. The molecule has 0 aromatic carbocycles. The van der Waals surface area contributed by atoms with Crippen molar-refractivity contribution >= 4 is 29.9 Å². The van der Waals surface area contributed by atoms with Crippen molar-refractivity contribution in [2.45, 2.75) is 38.4 Å². The quantitative estimate of drug-likeness (QED) is 0.389. The fraction of sp³-hybridized carbons (Fsp3) is 0.667. The van der Waals surface area contributed by atoms with E-state index in [1.165, 1.54) is 0 Å². The lowest BCUT2D eigenvalue weighted by Crippen LogP contribution is -2.47. The van der Waals surface area contributed by atoms with E-state index >= 15 is 0 Å². The second-order valence-corrected chi connectivity index (χ2v) is 5.64.